The molecule has 172 valence electrons. The van der Waals surface area contributed by atoms with Gasteiger partial charge in [-0.25, -0.2) is 0 Å². The highest BCUT2D eigenvalue weighted by atomic mass is 16.5. The van der Waals surface area contributed by atoms with Crippen LogP contribution in [0, 0.1) is 0 Å². The molecular formula is C21H22O11. The number of aliphatic hydroxyl groups is 4. The van der Waals surface area contributed by atoms with Crippen molar-refractivity contribution in [3.63, 3.8) is 0 Å². The second-order valence-electron chi connectivity index (χ2n) is 7.76. The number of fused-ring (bicyclic) bond motifs is 1. The van der Waals surface area contributed by atoms with Crippen molar-refractivity contribution in [3.05, 3.63) is 41.0 Å². The van der Waals surface area contributed by atoms with Crippen molar-refractivity contribution in [2.24, 2.45) is 0 Å². The number of rotatable bonds is 3. The molecule has 2 aromatic rings. The van der Waals surface area contributed by atoms with E-state index in [2.05, 4.69) is 0 Å². The highest BCUT2D eigenvalue weighted by Gasteiger charge is 2.47. The fourth-order valence-electron chi connectivity index (χ4n) is 4.03. The third kappa shape index (κ3) is 3.49. The third-order valence-corrected chi connectivity index (χ3v) is 5.74. The smallest absolute Gasteiger partial charge is 0.174 e. The zero-order valence-electron chi connectivity index (χ0n) is 16.5. The van der Waals surface area contributed by atoms with Gasteiger partial charge in [0, 0.05) is 6.07 Å². The Kier molecular flexibility index (Phi) is 5.61. The molecule has 0 radical (unpaired) electrons. The van der Waals surface area contributed by atoms with E-state index in [9.17, 15) is 45.6 Å². The minimum absolute atomic E-state index is 0.246. The van der Waals surface area contributed by atoms with Crippen molar-refractivity contribution in [1.29, 1.82) is 0 Å². The Hall–Kier alpha value is -3.09. The van der Waals surface area contributed by atoms with Crippen LogP contribution in [0.25, 0.3) is 0 Å². The van der Waals surface area contributed by atoms with E-state index in [-0.39, 0.29) is 29.0 Å². The lowest BCUT2D eigenvalue weighted by molar-refractivity contribution is -0.232. The van der Waals surface area contributed by atoms with E-state index >= 15 is 0 Å². The maximum atomic E-state index is 12.8. The molecule has 0 amide bonds. The van der Waals surface area contributed by atoms with Crippen LogP contribution < -0.4 is 4.74 Å². The Labute approximate surface area is 181 Å². The first-order valence-electron chi connectivity index (χ1n) is 9.75. The monoisotopic (exact) mass is 450 g/mol. The number of carbonyl (C=O) groups is 1. The second-order valence-corrected chi connectivity index (χ2v) is 7.76. The van der Waals surface area contributed by atoms with Gasteiger partial charge in [0.15, 0.2) is 17.3 Å². The average Bonchev–Trinajstić information content (AvgIpc) is 2.74. The van der Waals surface area contributed by atoms with Crippen LogP contribution in [0.3, 0.4) is 0 Å². The third-order valence-electron chi connectivity index (χ3n) is 5.74. The van der Waals surface area contributed by atoms with Gasteiger partial charge < -0.3 is 50.3 Å². The number of hydrogen-bond donors (Lipinski definition) is 8. The zero-order valence-corrected chi connectivity index (χ0v) is 16.5. The van der Waals surface area contributed by atoms with Crippen molar-refractivity contribution in [1.82, 2.24) is 0 Å². The summed E-state index contributed by atoms with van der Waals surface area (Å²) >= 11 is 0. The molecule has 1 fully saturated rings. The molecule has 8 N–H and O–H groups in total. The minimum atomic E-state index is -1.77. The molecule has 2 aromatic carbocycles. The highest BCUT2D eigenvalue weighted by molar-refractivity contribution is 6.03. The molecular weight excluding hydrogens is 428 g/mol. The molecule has 32 heavy (non-hydrogen) atoms. The summed E-state index contributed by atoms with van der Waals surface area (Å²) in [5.74, 6) is -2.92. The number of hydrogen-bond acceptors (Lipinski definition) is 11. The number of aliphatic hydroxyl groups excluding tert-OH is 4. The van der Waals surface area contributed by atoms with Gasteiger partial charge in [-0.2, -0.15) is 0 Å². The number of carbonyl (C=O) groups excluding carboxylic acids is 1. The lowest BCUT2D eigenvalue weighted by Crippen LogP contribution is -2.55. The predicted octanol–water partition coefficient (Wildman–Crippen LogP) is -0.270. The number of Topliss-reactive ketones (excluding diaryl/α,β-unsaturated/α-hetero) is 1. The standard InChI is InChI=1S/C21H22O11/c22-6-14-17(28)18(29)19(30)21(32-14)16-11(26)4-10(25)15-12(27)5-13(31-20(15)16)7-1-2-8(23)9(24)3-7/h1-4,13-14,17-19,21-26,28-30H,5-6H2/t13-,14+,17-,18+,19+,21-/m0/s1. The van der Waals surface area contributed by atoms with Crippen molar-refractivity contribution in [3.8, 4) is 28.7 Å². The zero-order chi connectivity index (χ0) is 23.3. The Morgan fingerprint density at radius 3 is 2.25 bits per heavy atom. The largest absolute Gasteiger partial charge is 0.507 e. The topological polar surface area (TPSA) is 197 Å². The number of ether oxygens (including phenoxy) is 2. The number of benzene rings is 2. The summed E-state index contributed by atoms with van der Waals surface area (Å²) in [4.78, 5) is 12.8. The van der Waals surface area contributed by atoms with Crippen LogP contribution in [0.2, 0.25) is 0 Å². The Morgan fingerprint density at radius 1 is 0.875 bits per heavy atom. The summed E-state index contributed by atoms with van der Waals surface area (Å²) in [6.45, 7) is -0.711. The van der Waals surface area contributed by atoms with E-state index in [1.165, 1.54) is 18.2 Å². The maximum Gasteiger partial charge on any atom is 0.174 e. The van der Waals surface area contributed by atoms with E-state index in [4.69, 9.17) is 9.47 Å². The van der Waals surface area contributed by atoms with Gasteiger partial charge in [0.25, 0.3) is 0 Å². The van der Waals surface area contributed by atoms with Crippen LogP contribution in [-0.2, 0) is 4.74 Å². The Balaban J connectivity index is 1.82. The normalized spacial score (nSPS) is 29.9. The fraction of sp³-hybridized carbons (Fsp3) is 0.381. The molecule has 0 saturated carbocycles. The molecule has 1 saturated heterocycles. The Bertz CT molecular complexity index is 1050. The SMILES string of the molecule is O=C1C[C@@H](c2ccc(O)c(O)c2)Oc2c1c(O)cc(O)c2[C@@H]1O[C@H](CO)[C@H](O)[C@@H](O)[C@H]1O. The van der Waals surface area contributed by atoms with E-state index in [0.717, 1.165) is 6.07 Å². The van der Waals surface area contributed by atoms with Gasteiger partial charge in [-0.05, 0) is 17.7 Å². The molecule has 0 aromatic heterocycles. The molecule has 11 nitrogen and oxygen atoms in total. The molecule has 6 atom stereocenters. The van der Waals surface area contributed by atoms with Gasteiger partial charge in [0.05, 0.1) is 18.6 Å². The fourth-order valence-corrected chi connectivity index (χ4v) is 4.03. The highest BCUT2D eigenvalue weighted by Crippen LogP contribution is 2.50. The van der Waals surface area contributed by atoms with Crippen molar-refractivity contribution in [2.45, 2.75) is 43.0 Å². The second kappa shape index (κ2) is 8.11. The van der Waals surface area contributed by atoms with Gasteiger partial charge in [-0.1, -0.05) is 6.07 Å². The maximum absolute atomic E-state index is 12.8. The van der Waals surface area contributed by atoms with Crippen LogP contribution in [0.5, 0.6) is 28.7 Å². The van der Waals surface area contributed by atoms with E-state index < -0.39 is 66.3 Å². The molecule has 11 heteroatoms. The number of phenolic OH excluding ortho intramolecular Hbond substituents is 4. The lowest BCUT2D eigenvalue weighted by Gasteiger charge is -2.41. The van der Waals surface area contributed by atoms with Crippen LogP contribution in [0.1, 0.15) is 40.1 Å². The first-order chi connectivity index (χ1) is 15.1. The molecule has 0 spiro atoms. The van der Waals surface area contributed by atoms with E-state index in [1.54, 1.807) is 0 Å². The van der Waals surface area contributed by atoms with Gasteiger partial charge in [-0.3, -0.25) is 4.79 Å². The molecule has 2 aliphatic rings. The van der Waals surface area contributed by atoms with Crippen molar-refractivity contribution < 1.29 is 55.1 Å². The molecule has 2 aliphatic heterocycles. The number of phenols is 4. The average molecular weight is 450 g/mol. The molecule has 0 bridgehead atoms. The lowest BCUT2D eigenvalue weighted by atomic mass is 9.87. The number of ketones is 1. The predicted molar refractivity (Wildman–Crippen MR) is 105 cm³/mol. The van der Waals surface area contributed by atoms with Gasteiger partial charge in [0.1, 0.15) is 59.4 Å². The summed E-state index contributed by atoms with van der Waals surface area (Å²) < 4.78 is 11.4. The molecule has 0 aliphatic carbocycles. The van der Waals surface area contributed by atoms with E-state index in [0.29, 0.717) is 5.56 Å². The molecule has 0 unspecified atom stereocenters. The van der Waals surface area contributed by atoms with Gasteiger partial charge in [0.2, 0.25) is 0 Å². The number of aromatic hydroxyl groups is 4. The summed E-state index contributed by atoms with van der Waals surface area (Å²) in [6, 6.07) is 4.67. The quantitative estimate of drug-likeness (QED) is 0.287. The van der Waals surface area contributed by atoms with Crippen LogP contribution in [-0.4, -0.2) is 77.7 Å². The van der Waals surface area contributed by atoms with Crippen LogP contribution in [0.4, 0.5) is 0 Å². The van der Waals surface area contributed by atoms with Crippen LogP contribution >= 0.6 is 0 Å². The van der Waals surface area contributed by atoms with Crippen molar-refractivity contribution in [2.75, 3.05) is 6.61 Å². The van der Waals surface area contributed by atoms with Crippen molar-refractivity contribution >= 4 is 5.78 Å². The minimum Gasteiger partial charge on any atom is -0.507 e. The van der Waals surface area contributed by atoms with E-state index in [1.807, 2.05) is 0 Å². The van der Waals surface area contributed by atoms with Gasteiger partial charge in [-0.15, -0.1) is 0 Å². The molecule has 4 rings (SSSR count). The summed E-state index contributed by atoms with van der Waals surface area (Å²) in [5, 5.41) is 80.2. The Morgan fingerprint density at radius 2 is 1.59 bits per heavy atom. The van der Waals surface area contributed by atoms with Gasteiger partial charge >= 0.3 is 0 Å². The van der Waals surface area contributed by atoms with Crippen LogP contribution in [0.15, 0.2) is 24.3 Å². The summed E-state index contributed by atoms with van der Waals surface area (Å²) in [5.41, 5.74) is -0.244. The molecule has 2 heterocycles. The summed E-state index contributed by atoms with van der Waals surface area (Å²) in [7, 11) is 0. The summed E-state index contributed by atoms with van der Waals surface area (Å²) in [6.07, 6.45) is -9.22. The first kappa shape index (κ1) is 22.1. The first-order valence-corrected chi connectivity index (χ1v) is 9.75.